The summed E-state index contributed by atoms with van der Waals surface area (Å²) in [6.45, 7) is 2.84. The van der Waals surface area contributed by atoms with Crippen LogP contribution in [0.4, 0.5) is 5.69 Å². The van der Waals surface area contributed by atoms with Gasteiger partial charge in [-0.15, -0.1) is 11.8 Å². The Labute approximate surface area is 152 Å². The molecule has 0 atom stereocenters. The molecule has 0 saturated heterocycles. The van der Waals surface area contributed by atoms with Crippen molar-refractivity contribution in [1.29, 1.82) is 0 Å². The van der Waals surface area contributed by atoms with Crippen LogP contribution in [0, 0.1) is 6.92 Å². The number of carbonyl (C=O) groups excluding carboxylic acids is 1. The van der Waals surface area contributed by atoms with Crippen molar-refractivity contribution in [2.45, 2.75) is 18.4 Å². The van der Waals surface area contributed by atoms with Crippen LogP contribution in [-0.2, 0) is 11.3 Å². The molecule has 0 saturated carbocycles. The van der Waals surface area contributed by atoms with Crippen molar-refractivity contribution in [2.24, 2.45) is 4.99 Å². The lowest BCUT2D eigenvalue weighted by atomic mass is 10.1. The molecule has 1 heterocycles. The van der Waals surface area contributed by atoms with E-state index < -0.39 is 0 Å². The Bertz CT molecular complexity index is 734. The predicted molar refractivity (Wildman–Crippen MR) is 104 cm³/mol. The maximum Gasteiger partial charge on any atom is 0.243 e. The standard InChI is InChI=1S/C18H23N5OS/c1-13-6-7-14(16(9-13)25-3)10-21-18(19-2)22-12-17(24)23-15-5-4-8-20-11-15/h4-9,11H,10,12H2,1-3H3,(H,23,24)(H2,19,21,22). The molecule has 1 aromatic heterocycles. The average Bonchev–Trinajstić information content (AvgIpc) is 2.63. The zero-order chi connectivity index (χ0) is 18.1. The van der Waals surface area contributed by atoms with Gasteiger partial charge < -0.3 is 16.0 Å². The molecule has 0 bridgehead atoms. The van der Waals surface area contributed by atoms with E-state index in [9.17, 15) is 4.79 Å². The number of carbonyl (C=O) groups is 1. The molecule has 25 heavy (non-hydrogen) atoms. The van der Waals surface area contributed by atoms with Crippen LogP contribution in [0.15, 0.2) is 52.6 Å². The third-order valence-corrected chi connectivity index (χ3v) is 4.29. The molecule has 7 heteroatoms. The maximum absolute atomic E-state index is 12.0. The summed E-state index contributed by atoms with van der Waals surface area (Å²) in [6.07, 6.45) is 5.33. The van der Waals surface area contributed by atoms with Crippen LogP contribution < -0.4 is 16.0 Å². The molecule has 3 N–H and O–H groups in total. The van der Waals surface area contributed by atoms with E-state index in [-0.39, 0.29) is 12.5 Å². The number of aliphatic imine (C=N–C) groups is 1. The molecular formula is C18H23N5OS. The van der Waals surface area contributed by atoms with Gasteiger partial charge in [-0.3, -0.25) is 14.8 Å². The summed E-state index contributed by atoms with van der Waals surface area (Å²) >= 11 is 1.72. The Kier molecular flexibility index (Phi) is 7.28. The fourth-order valence-corrected chi connectivity index (χ4v) is 2.91. The molecule has 0 fully saturated rings. The molecule has 2 aromatic rings. The highest BCUT2D eigenvalue weighted by molar-refractivity contribution is 7.98. The summed E-state index contributed by atoms with van der Waals surface area (Å²) < 4.78 is 0. The molecule has 6 nitrogen and oxygen atoms in total. The van der Waals surface area contributed by atoms with Gasteiger partial charge >= 0.3 is 0 Å². The third-order valence-electron chi connectivity index (χ3n) is 3.47. The van der Waals surface area contributed by atoms with Gasteiger partial charge in [0.25, 0.3) is 0 Å². The lowest BCUT2D eigenvalue weighted by molar-refractivity contribution is -0.115. The van der Waals surface area contributed by atoms with Crippen LogP contribution >= 0.6 is 11.8 Å². The van der Waals surface area contributed by atoms with E-state index in [4.69, 9.17) is 0 Å². The molecule has 1 amide bonds. The Morgan fingerprint density at radius 2 is 2.12 bits per heavy atom. The van der Waals surface area contributed by atoms with Crippen LogP contribution in [0.1, 0.15) is 11.1 Å². The SMILES string of the molecule is CN=C(NCC(=O)Nc1cccnc1)NCc1ccc(C)cc1SC. The molecule has 0 spiro atoms. The van der Waals surface area contributed by atoms with Crippen molar-refractivity contribution < 1.29 is 4.79 Å². The number of hydrogen-bond donors (Lipinski definition) is 3. The average molecular weight is 357 g/mol. The van der Waals surface area contributed by atoms with Crippen molar-refractivity contribution in [3.8, 4) is 0 Å². The first-order chi connectivity index (χ1) is 12.1. The Hall–Kier alpha value is -2.54. The van der Waals surface area contributed by atoms with E-state index in [1.165, 1.54) is 16.0 Å². The van der Waals surface area contributed by atoms with Crippen molar-refractivity contribution in [3.63, 3.8) is 0 Å². The topological polar surface area (TPSA) is 78.4 Å². The molecular weight excluding hydrogens is 334 g/mol. The molecule has 0 aliphatic heterocycles. The number of pyridine rings is 1. The molecule has 132 valence electrons. The van der Waals surface area contributed by atoms with E-state index in [0.717, 1.165) is 0 Å². The molecule has 1 aromatic carbocycles. The number of nitrogens with zero attached hydrogens (tertiary/aromatic N) is 2. The summed E-state index contributed by atoms with van der Waals surface area (Å²) in [5.74, 6) is 0.421. The second kappa shape index (κ2) is 9.68. The highest BCUT2D eigenvalue weighted by Crippen LogP contribution is 2.21. The Morgan fingerprint density at radius 3 is 2.80 bits per heavy atom. The van der Waals surface area contributed by atoms with E-state index in [2.05, 4.69) is 57.3 Å². The fourth-order valence-electron chi connectivity index (χ4n) is 2.20. The van der Waals surface area contributed by atoms with Crippen molar-refractivity contribution in [2.75, 3.05) is 25.2 Å². The van der Waals surface area contributed by atoms with Gasteiger partial charge in [0.2, 0.25) is 5.91 Å². The maximum atomic E-state index is 12.0. The first-order valence-corrected chi connectivity index (χ1v) is 9.12. The van der Waals surface area contributed by atoms with Crippen LogP contribution in [-0.4, -0.2) is 36.7 Å². The van der Waals surface area contributed by atoms with Gasteiger partial charge in [-0.2, -0.15) is 0 Å². The van der Waals surface area contributed by atoms with Gasteiger partial charge in [0.15, 0.2) is 5.96 Å². The molecule has 2 rings (SSSR count). The number of hydrogen-bond acceptors (Lipinski definition) is 4. The smallest absolute Gasteiger partial charge is 0.243 e. The lowest BCUT2D eigenvalue weighted by Crippen LogP contribution is -2.41. The normalized spacial score (nSPS) is 11.1. The number of aryl methyl sites for hydroxylation is 1. The van der Waals surface area contributed by atoms with Crippen molar-refractivity contribution in [1.82, 2.24) is 15.6 Å². The number of thioether (sulfide) groups is 1. The minimum atomic E-state index is -0.156. The summed E-state index contributed by atoms with van der Waals surface area (Å²) in [6, 6.07) is 9.93. The molecule has 0 aliphatic rings. The summed E-state index contributed by atoms with van der Waals surface area (Å²) in [5, 5.41) is 9.01. The van der Waals surface area contributed by atoms with Gasteiger partial charge in [0.05, 0.1) is 18.4 Å². The fraction of sp³-hybridized carbons (Fsp3) is 0.278. The first-order valence-electron chi connectivity index (χ1n) is 7.90. The highest BCUT2D eigenvalue weighted by Gasteiger charge is 2.06. The Balaban J connectivity index is 1.84. The number of guanidine groups is 1. The van der Waals surface area contributed by atoms with Gasteiger partial charge in [-0.25, -0.2) is 0 Å². The molecule has 0 aliphatic carbocycles. The lowest BCUT2D eigenvalue weighted by Gasteiger charge is -2.14. The quantitative estimate of drug-likeness (QED) is 0.420. The predicted octanol–water partition coefficient (Wildman–Crippen LogP) is 2.42. The second-order valence-corrected chi connectivity index (χ2v) is 6.23. The monoisotopic (exact) mass is 357 g/mol. The van der Waals surface area contributed by atoms with E-state index in [1.54, 1.807) is 43.3 Å². The third kappa shape index (κ3) is 6.11. The zero-order valence-electron chi connectivity index (χ0n) is 14.7. The van der Waals surface area contributed by atoms with Crippen LogP contribution in [0.5, 0.6) is 0 Å². The van der Waals surface area contributed by atoms with E-state index in [0.29, 0.717) is 18.2 Å². The van der Waals surface area contributed by atoms with Crippen molar-refractivity contribution in [3.05, 3.63) is 53.9 Å². The second-order valence-electron chi connectivity index (χ2n) is 5.38. The van der Waals surface area contributed by atoms with Crippen LogP contribution in [0.3, 0.4) is 0 Å². The van der Waals surface area contributed by atoms with Gasteiger partial charge in [-0.05, 0) is 42.5 Å². The van der Waals surface area contributed by atoms with E-state index in [1.807, 2.05) is 0 Å². The summed E-state index contributed by atoms with van der Waals surface area (Å²) in [7, 11) is 1.68. The largest absolute Gasteiger partial charge is 0.352 e. The number of aromatic nitrogens is 1. The number of amides is 1. The van der Waals surface area contributed by atoms with Gasteiger partial charge in [0, 0.05) is 24.7 Å². The number of benzene rings is 1. The van der Waals surface area contributed by atoms with Gasteiger partial charge in [-0.1, -0.05) is 12.1 Å². The zero-order valence-corrected chi connectivity index (χ0v) is 15.5. The first kappa shape index (κ1) is 18.8. The number of nitrogens with one attached hydrogen (secondary N) is 3. The van der Waals surface area contributed by atoms with Crippen molar-refractivity contribution >= 4 is 29.3 Å². The van der Waals surface area contributed by atoms with E-state index >= 15 is 0 Å². The van der Waals surface area contributed by atoms with Gasteiger partial charge in [0.1, 0.15) is 0 Å². The molecule has 0 radical (unpaired) electrons. The minimum absolute atomic E-state index is 0.123. The summed E-state index contributed by atoms with van der Waals surface area (Å²) in [4.78, 5) is 21.3. The molecule has 0 unspecified atom stereocenters. The number of rotatable bonds is 6. The van der Waals surface area contributed by atoms with Crippen LogP contribution in [0.25, 0.3) is 0 Å². The Morgan fingerprint density at radius 1 is 1.28 bits per heavy atom. The van der Waals surface area contributed by atoms with Crippen LogP contribution in [0.2, 0.25) is 0 Å². The number of anilines is 1. The highest BCUT2D eigenvalue weighted by atomic mass is 32.2. The summed E-state index contributed by atoms with van der Waals surface area (Å²) in [5.41, 5.74) is 3.10. The minimum Gasteiger partial charge on any atom is -0.352 e.